The molecule has 10 N–H and O–H groups in total. The van der Waals surface area contributed by atoms with E-state index in [1.165, 1.54) is 0 Å². The Morgan fingerprint density at radius 1 is 0.516 bits per heavy atom. The van der Waals surface area contributed by atoms with Crippen molar-refractivity contribution in [3.8, 4) is 0 Å². The number of amides is 2. The summed E-state index contributed by atoms with van der Waals surface area (Å²) in [5, 5.41) is 83.1. The van der Waals surface area contributed by atoms with E-state index in [1.807, 2.05) is 6.92 Å². The maximum absolute atomic E-state index is 12.3. The van der Waals surface area contributed by atoms with E-state index in [0.717, 1.165) is 6.29 Å². The predicted molar refractivity (Wildman–Crippen MR) is 209 cm³/mol. The molecule has 2 fully saturated rings. The second kappa shape index (κ2) is 33.3. The van der Waals surface area contributed by atoms with Gasteiger partial charge in [0.25, 0.3) is 0 Å². The minimum atomic E-state index is -1.52. The average Bonchev–Trinajstić information content (AvgIpc) is 3.26. The smallest absolute Gasteiger partial charge is 0.222 e. The van der Waals surface area contributed by atoms with Crippen LogP contribution in [0.4, 0.5) is 0 Å². The number of hydrogen-bond donors (Lipinski definition) is 10. The molecule has 2 heterocycles. The van der Waals surface area contributed by atoms with Gasteiger partial charge in [0, 0.05) is 37.8 Å². The van der Waals surface area contributed by atoms with Crippen molar-refractivity contribution < 1.29 is 107 Å². The highest BCUT2D eigenvalue weighted by Gasteiger charge is 2.45. The summed E-state index contributed by atoms with van der Waals surface area (Å²) in [7, 11) is 0. The highest BCUT2D eigenvalue weighted by atomic mass is 16.7. The van der Waals surface area contributed by atoms with E-state index < -0.39 is 80.0 Å². The van der Waals surface area contributed by atoms with Crippen molar-refractivity contribution in [2.45, 2.75) is 87.6 Å². The molecule has 24 heteroatoms. The van der Waals surface area contributed by atoms with Crippen LogP contribution in [0.15, 0.2) is 0 Å². The molecule has 2 amide bonds. The Balaban J connectivity index is 1.47. The highest BCUT2D eigenvalue weighted by molar-refractivity contribution is 5.76. The van der Waals surface area contributed by atoms with Crippen molar-refractivity contribution in [2.24, 2.45) is 5.41 Å². The van der Waals surface area contributed by atoms with E-state index in [0.29, 0.717) is 0 Å². The maximum atomic E-state index is 12.3. The van der Waals surface area contributed by atoms with Gasteiger partial charge >= 0.3 is 0 Å². The normalized spacial score (nSPS) is 27.4. The highest BCUT2D eigenvalue weighted by Crippen LogP contribution is 2.23. The Hall–Kier alpha value is -2.15. The largest absolute Gasteiger partial charge is 0.394 e. The Labute approximate surface area is 360 Å². The number of carbonyl (C=O) groups is 3. The molecule has 2 aliphatic heterocycles. The number of aliphatic hydroxyl groups excluding tert-OH is 8. The summed E-state index contributed by atoms with van der Waals surface area (Å²) in [5.74, 6) is -0.475. The van der Waals surface area contributed by atoms with Crippen LogP contribution in [0.1, 0.15) is 26.2 Å². The Morgan fingerprint density at radius 3 is 1.27 bits per heavy atom. The van der Waals surface area contributed by atoms with Gasteiger partial charge in [0.05, 0.1) is 119 Å². The van der Waals surface area contributed by atoms with Crippen LogP contribution in [0.25, 0.3) is 0 Å². The number of nitrogens with one attached hydrogen (secondary N) is 2. The number of rotatable bonds is 37. The van der Waals surface area contributed by atoms with E-state index in [1.54, 1.807) is 0 Å². The van der Waals surface area contributed by atoms with Gasteiger partial charge in [-0.05, 0) is 0 Å². The number of aldehydes is 1. The van der Waals surface area contributed by atoms with E-state index in [4.69, 9.17) is 52.1 Å². The molecule has 0 bridgehead atoms. The average molecular weight is 907 g/mol. The molecule has 24 nitrogen and oxygen atoms in total. The van der Waals surface area contributed by atoms with Gasteiger partial charge in [0.2, 0.25) is 11.8 Å². The van der Waals surface area contributed by atoms with Crippen molar-refractivity contribution in [3.05, 3.63) is 0 Å². The number of aliphatic hydroxyl groups is 8. The molecular formula is C38H70N2O22. The monoisotopic (exact) mass is 906 g/mol. The van der Waals surface area contributed by atoms with Crippen LogP contribution in [0.3, 0.4) is 0 Å². The SMILES string of the molecule is CC(COCCC=O)(COCCC(=O)NCCOCCOCCO[C@H]1OC(CO)[C@@H](O)C(O)[C@H]1O)COCCC(=O)NCCOCCOCCO[C@H]1OC(CO)[C@@H](O)C(O)[C@H]1O. The third-order valence-electron chi connectivity index (χ3n) is 9.28. The van der Waals surface area contributed by atoms with Crippen molar-refractivity contribution in [3.63, 3.8) is 0 Å². The Kier molecular flexibility index (Phi) is 30.1. The van der Waals surface area contributed by atoms with Crippen LogP contribution in [0.5, 0.6) is 0 Å². The van der Waals surface area contributed by atoms with E-state index in [-0.39, 0.29) is 150 Å². The summed E-state index contributed by atoms with van der Waals surface area (Å²) >= 11 is 0. The Morgan fingerprint density at radius 2 is 0.887 bits per heavy atom. The standard InChI is InChI=1S/C38H70N2O22/c1-38(23-56-8-2-7-41,24-57-9-3-28(44)39-5-11-52-13-15-54-17-19-59-36-34(50)32(48)30(46)26(21-42)61-36)25-58-10-4-29(45)40-6-12-53-14-16-55-18-20-60-37-35(51)33(49)31(47)27(22-43)62-37/h7,26-27,30-37,42-43,46-51H,2-6,8-25H2,1H3,(H,39,44)(H,40,45)/t26?,27?,30-,31-,32?,33?,34-,35-,36+,37+,38?/m1/s1. The van der Waals surface area contributed by atoms with Crippen molar-refractivity contribution in [1.29, 1.82) is 0 Å². The van der Waals surface area contributed by atoms with Gasteiger partial charge in [-0.1, -0.05) is 6.92 Å². The zero-order valence-corrected chi connectivity index (χ0v) is 35.4. The third-order valence-corrected chi connectivity index (χ3v) is 9.28. The van der Waals surface area contributed by atoms with E-state index in [2.05, 4.69) is 10.6 Å². The lowest BCUT2D eigenvalue weighted by Gasteiger charge is -2.39. The van der Waals surface area contributed by atoms with Crippen molar-refractivity contribution >= 4 is 18.1 Å². The summed E-state index contributed by atoms with van der Waals surface area (Å²) < 4.78 is 60.0. The van der Waals surface area contributed by atoms with Gasteiger partial charge < -0.3 is 108 Å². The number of ether oxygens (including phenoxy) is 11. The summed E-state index contributed by atoms with van der Waals surface area (Å²) in [4.78, 5) is 35.2. The van der Waals surface area contributed by atoms with Crippen LogP contribution in [-0.4, -0.2) is 252 Å². The first-order valence-corrected chi connectivity index (χ1v) is 20.7. The second-order valence-electron chi connectivity index (χ2n) is 14.7. The second-order valence-corrected chi connectivity index (χ2v) is 14.7. The summed E-state index contributed by atoms with van der Waals surface area (Å²) in [6.07, 6.45) is -12.3. The molecule has 0 aromatic rings. The number of carbonyl (C=O) groups excluding carboxylic acids is 3. The van der Waals surface area contributed by atoms with Crippen LogP contribution in [0, 0.1) is 5.41 Å². The molecule has 0 aromatic carbocycles. The topological polar surface area (TPSA) is 339 Å². The zero-order valence-electron chi connectivity index (χ0n) is 35.4. The molecule has 0 saturated carbocycles. The minimum absolute atomic E-state index is 0.0156. The molecule has 0 aliphatic carbocycles. The molecule has 4 unspecified atom stereocenters. The van der Waals surface area contributed by atoms with Gasteiger partial charge in [-0.15, -0.1) is 0 Å². The molecule has 2 rings (SSSR count). The fraction of sp³-hybridized carbons (Fsp3) is 0.921. The number of hydrogen-bond acceptors (Lipinski definition) is 22. The molecular weight excluding hydrogens is 836 g/mol. The van der Waals surface area contributed by atoms with Crippen molar-refractivity contribution in [1.82, 2.24) is 10.6 Å². The first kappa shape index (κ1) is 56.0. The zero-order chi connectivity index (χ0) is 45.6. The van der Waals surface area contributed by atoms with Crippen LogP contribution in [0.2, 0.25) is 0 Å². The first-order valence-electron chi connectivity index (χ1n) is 20.7. The molecule has 0 spiro atoms. The fourth-order valence-corrected chi connectivity index (χ4v) is 5.74. The maximum Gasteiger partial charge on any atom is 0.222 e. The van der Waals surface area contributed by atoms with Gasteiger partial charge in [-0.2, -0.15) is 0 Å². The third kappa shape index (κ3) is 22.7. The van der Waals surface area contributed by atoms with E-state index in [9.17, 15) is 55.2 Å². The summed E-state index contributed by atoms with van der Waals surface area (Å²) in [6.45, 7) is 4.11. The lowest BCUT2D eigenvalue weighted by atomic mass is 9.94. The predicted octanol–water partition coefficient (Wildman–Crippen LogP) is -5.66. The van der Waals surface area contributed by atoms with Gasteiger partial charge in [-0.25, -0.2) is 0 Å². The van der Waals surface area contributed by atoms with Crippen LogP contribution in [-0.2, 0) is 66.5 Å². The molecule has 2 saturated heterocycles. The van der Waals surface area contributed by atoms with Crippen LogP contribution >= 0.6 is 0 Å². The molecule has 2 aliphatic rings. The summed E-state index contributed by atoms with van der Waals surface area (Å²) in [6, 6.07) is 0. The molecule has 0 radical (unpaired) electrons. The molecule has 10 atom stereocenters. The lowest BCUT2D eigenvalue weighted by Crippen LogP contribution is -2.59. The quantitative estimate of drug-likeness (QED) is 0.0205. The first-order chi connectivity index (χ1) is 29.9. The lowest BCUT2D eigenvalue weighted by molar-refractivity contribution is -0.302. The molecule has 0 aromatic heterocycles. The fourth-order valence-electron chi connectivity index (χ4n) is 5.74. The molecule has 364 valence electrons. The van der Waals surface area contributed by atoms with Crippen molar-refractivity contribution in [2.75, 3.05) is 132 Å². The Bertz CT molecular complexity index is 1100. The molecule has 62 heavy (non-hydrogen) atoms. The minimum Gasteiger partial charge on any atom is -0.394 e. The summed E-state index contributed by atoms with van der Waals surface area (Å²) in [5.41, 5.74) is -0.625. The van der Waals surface area contributed by atoms with Gasteiger partial charge in [-0.3, -0.25) is 9.59 Å². The van der Waals surface area contributed by atoms with E-state index >= 15 is 0 Å². The van der Waals surface area contributed by atoms with Gasteiger partial charge in [0.1, 0.15) is 55.1 Å². The van der Waals surface area contributed by atoms with Crippen LogP contribution < -0.4 is 10.6 Å². The van der Waals surface area contributed by atoms with Gasteiger partial charge in [0.15, 0.2) is 12.6 Å².